The van der Waals surface area contributed by atoms with Crippen LogP contribution in [0.3, 0.4) is 0 Å². The van der Waals surface area contributed by atoms with Crippen LogP contribution in [0.5, 0.6) is 0 Å². The highest BCUT2D eigenvalue weighted by molar-refractivity contribution is 7.26. The van der Waals surface area contributed by atoms with E-state index in [9.17, 15) is 0 Å². The summed E-state index contributed by atoms with van der Waals surface area (Å²) in [6.07, 6.45) is 0. The zero-order valence-electron chi connectivity index (χ0n) is 36.4. The summed E-state index contributed by atoms with van der Waals surface area (Å²) in [5, 5.41) is 10.0. The number of rotatable bonds is 5. The Bertz CT molecular complexity index is 4560. The number of benzene rings is 10. The summed E-state index contributed by atoms with van der Waals surface area (Å²) in [5.74, 6) is 0.623. The number of fused-ring (bicyclic) bond motifs is 15. The van der Waals surface area contributed by atoms with E-state index in [0.717, 1.165) is 104 Å². The van der Waals surface area contributed by atoms with Gasteiger partial charge >= 0.3 is 0 Å². The van der Waals surface area contributed by atoms with Gasteiger partial charge in [-0.2, -0.15) is 0 Å². The Morgan fingerprint density at radius 1 is 0.353 bits per heavy atom. The highest BCUT2D eigenvalue weighted by atomic mass is 32.1. The van der Waals surface area contributed by atoms with E-state index >= 15 is 0 Å². The Labute approximate surface area is 393 Å². The molecule has 15 aromatic rings. The van der Waals surface area contributed by atoms with Crippen molar-refractivity contribution in [2.75, 3.05) is 0 Å². The van der Waals surface area contributed by atoms with E-state index in [2.05, 4.69) is 228 Å². The van der Waals surface area contributed by atoms with Crippen LogP contribution in [0, 0.1) is 0 Å². The molecule has 68 heavy (non-hydrogen) atoms. The van der Waals surface area contributed by atoms with Crippen LogP contribution in [-0.2, 0) is 0 Å². The van der Waals surface area contributed by atoms with Gasteiger partial charge in [-0.25, -0.2) is 9.97 Å². The first-order chi connectivity index (χ1) is 33.7. The van der Waals surface area contributed by atoms with E-state index in [4.69, 9.17) is 14.4 Å². The van der Waals surface area contributed by atoms with Crippen molar-refractivity contribution < 1.29 is 4.42 Å². The summed E-state index contributed by atoms with van der Waals surface area (Å²) < 4.78 is 14.2. The van der Waals surface area contributed by atoms with Gasteiger partial charge in [0.05, 0.1) is 49.1 Å². The van der Waals surface area contributed by atoms with E-state index in [1.165, 1.54) is 32.2 Å². The molecule has 5 nitrogen and oxygen atoms in total. The second-order valence-corrected chi connectivity index (χ2v) is 18.7. The van der Waals surface area contributed by atoms with Crippen LogP contribution in [0.4, 0.5) is 0 Å². The molecule has 5 heterocycles. The third-order valence-corrected chi connectivity index (χ3v) is 15.1. The van der Waals surface area contributed by atoms with Gasteiger partial charge in [0.25, 0.3) is 0 Å². The molecule has 0 unspecified atom stereocenters. The minimum absolute atomic E-state index is 0.623. The highest BCUT2D eigenvalue weighted by Gasteiger charge is 2.25. The Balaban J connectivity index is 0.989. The summed E-state index contributed by atoms with van der Waals surface area (Å²) in [7, 11) is 0. The topological polar surface area (TPSA) is 48.8 Å². The zero-order valence-corrected chi connectivity index (χ0v) is 37.2. The van der Waals surface area contributed by atoms with Gasteiger partial charge in [-0.3, -0.25) is 4.57 Å². The van der Waals surface area contributed by atoms with Crippen LogP contribution in [0.15, 0.2) is 223 Å². The lowest BCUT2D eigenvalue weighted by atomic mass is 10.0. The number of hydrogen-bond acceptors (Lipinski definition) is 4. The zero-order chi connectivity index (χ0) is 44.5. The normalized spacial score (nSPS) is 12.1. The largest absolute Gasteiger partial charge is 0.455 e. The Kier molecular flexibility index (Phi) is 7.88. The SMILES string of the molecule is c1ccc(-c2cccc(-c3nc(-n4c5ccccc5c5c6oc7c8ccccc8c(-n8c9ccccc9c9cc(-c%10ccccc%10)ccc98)cc7c6ccc54)nc4c3sc3ccccc34)c2)cc1. The molecule has 0 fully saturated rings. The maximum atomic E-state index is 7.25. The van der Waals surface area contributed by atoms with Crippen molar-refractivity contribution in [2.24, 2.45) is 0 Å². The first kappa shape index (κ1) is 37.4. The lowest BCUT2D eigenvalue weighted by molar-refractivity contribution is 0.676. The first-order valence-electron chi connectivity index (χ1n) is 23.0. The number of furan rings is 1. The van der Waals surface area contributed by atoms with Crippen molar-refractivity contribution in [2.45, 2.75) is 0 Å². The van der Waals surface area contributed by atoms with E-state index in [1.54, 1.807) is 11.3 Å². The third kappa shape index (κ3) is 5.37. The quantitative estimate of drug-likeness (QED) is 0.173. The van der Waals surface area contributed by atoms with Gasteiger partial charge in [0.1, 0.15) is 11.2 Å². The molecule has 316 valence electrons. The van der Waals surface area contributed by atoms with Gasteiger partial charge in [-0.05, 0) is 76.9 Å². The number of aromatic nitrogens is 4. The molecule has 0 saturated heterocycles. The summed E-state index contributed by atoms with van der Waals surface area (Å²) in [5.41, 5.74) is 14.8. The molecule has 0 spiro atoms. The summed E-state index contributed by atoms with van der Waals surface area (Å²) in [4.78, 5) is 11.0. The molecule has 0 aliphatic rings. The number of para-hydroxylation sites is 2. The molecule has 6 heteroatoms. The van der Waals surface area contributed by atoms with Crippen LogP contribution in [-0.4, -0.2) is 19.1 Å². The predicted molar refractivity (Wildman–Crippen MR) is 285 cm³/mol. The van der Waals surface area contributed by atoms with Crippen LogP contribution < -0.4 is 0 Å². The maximum Gasteiger partial charge on any atom is 0.235 e. The predicted octanol–water partition coefficient (Wildman–Crippen LogP) is 17.1. The molecule has 0 bridgehead atoms. The van der Waals surface area contributed by atoms with Crippen molar-refractivity contribution in [3.63, 3.8) is 0 Å². The molecule has 0 saturated carbocycles. The fourth-order valence-electron chi connectivity index (χ4n) is 10.9. The van der Waals surface area contributed by atoms with Crippen LogP contribution >= 0.6 is 11.3 Å². The van der Waals surface area contributed by atoms with Crippen molar-refractivity contribution >= 4 is 108 Å². The average Bonchev–Trinajstić information content (AvgIpc) is 4.16. The minimum atomic E-state index is 0.623. The third-order valence-electron chi connectivity index (χ3n) is 13.9. The van der Waals surface area contributed by atoms with Crippen molar-refractivity contribution in [1.82, 2.24) is 19.1 Å². The monoisotopic (exact) mass is 884 g/mol. The van der Waals surface area contributed by atoms with Gasteiger partial charge in [0, 0.05) is 53.4 Å². The first-order valence-corrected chi connectivity index (χ1v) is 23.8. The Morgan fingerprint density at radius 2 is 0.941 bits per heavy atom. The average molecular weight is 885 g/mol. The molecule has 0 aliphatic heterocycles. The fourth-order valence-corrected chi connectivity index (χ4v) is 12.0. The molecule has 0 atom stereocenters. The van der Waals surface area contributed by atoms with E-state index in [0.29, 0.717) is 5.95 Å². The van der Waals surface area contributed by atoms with E-state index in [1.807, 2.05) is 0 Å². The Morgan fingerprint density at radius 3 is 1.74 bits per heavy atom. The van der Waals surface area contributed by atoms with Crippen molar-refractivity contribution in [1.29, 1.82) is 0 Å². The van der Waals surface area contributed by atoms with Gasteiger partial charge in [-0.15, -0.1) is 11.3 Å². The number of thiophene rings is 1. The molecule has 0 N–H and O–H groups in total. The van der Waals surface area contributed by atoms with Crippen LogP contribution in [0.1, 0.15) is 0 Å². The van der Waals surface area contributed by atoms with E-state index in [-0.39, 0.29) is 0 Å². The number of nitrogens with zero attached hydrogens (tertiary/aromatic N) is 4. The fraction of sp³-hybridized carbons (Fsp3) is 0. The van der Waals surface area contributed by atoms with Crippen LogP contribution in [0.25, 0.3) is 142 Å². The lowest BCUT2D eigenvalue weighted by Crippen LogP contribution is -2.02. The molecule has 0 aliphatic carbocycles. The summed E-state index contributed by atoms with van der Waals surface area (Å²) in [6.45, 7) is 0. The van der Waals surface area contributed by atoms with Crippen molar-refractivity contribution in [3.8, 4) is 45.1 Å². The molecule has 5 aromatic heterocycles. The highest BCUT2D eigenvalue weighted by Crippen LogP contribution is 2.46. The lowest BCUT2D eigenvalue weighted by Gasteiger charge is -2.13. The summed E-state index contributed by atoms with van der Waals surface area (Å²) in [6, 6.07) is 78.2. The van der Waals surface area contributed by atoms with E-state index < -0.39 is 0 Å². The van der Waals surface area contributed by atoms with Gasteiger partial charge in [0.2, 0.25) is 5.95 Å². The molecular formula is C62H36N4OS. The smallest absolute Gasteiger partial charge is 0.235 e. The van der Waals surface area contributed by atoms with Gasteiger partial charge in [0.15, 0.2) is 0 Å². The molecule has 0 radical (unpaired) electrons. The summed E-state index contributed by atoms with van der Waals surface area (Å²) >= 11 is 1.75. The van der Waals surface area contributed by atoms with Crippen LogP contribution in [0.2, 0.25) is 0 Å². The molecular weight excluding hydrogens is 849 g/mol. The standard InChI is InChI=1S/C62H36N4OS/c1-3-16-37(17-4-1)39-20-15-21-41(34-39)57-61-58(47-26-11-14-29-55(47)68-61)64-62(63-57)66-51-28-13-10-25-46(51)56-53(66)33-31-45-49-36-54(42-22-7-8-24-44(42)59(49)67-60(45)56)65-50-27-12-9-23-43(50)48-35-40(30-32-52(48)65)38-18-5-2-6-19-38/h1-36H. The maximum absolute atomic E-state index is 7.25. The minimum Gasteiger partial charge on any atom is -0.455 e. The Hall–Kier alpha value is -8.84. The van der Waals surface area contributed by atoms with Crippen molar-refractivity contribution in [3.05, 3.63) is 218 Å². The second-order valence-electron chi connectivity index (χ2n) is 17.7. The van der Waals surface area contributed by atoms with Gasteiger partial charge < -0.3 is 8.98 Å². The number of hydrogen-bond donors (Lipinski definition) is 0. The molecule has 15 rings (SSSR count). The second kappa shape index (κ2) is 14.3. The van der Waals surface area contributed by atoms with Gasteiger partial charge in [-0.1, -0.05) is 164 Å². The molecule has 10 aromatic carbocycles. The molecule has 0 amide bonds.